The molecule has 0 saturated carbocycles. The van der Waals surface area contributed by atoms with Gasteiger partial charge < -0.3 is 0 Å². The largest absolute Gasteiger partial charge is 0.282 e. The van der Waals surface area contributed by atoms with Crippen molar-refractivity contribution in [3.05, 3.63) is 57.8 Å². The maximum Gasteiger partial charge on any atom is 0.282 e. The second-order valence-corrected chi connectivity index (χ2v) is 10.6. The fourth-order valence-electron chi connectivity index (χ4n) is 4.47. The monoisotopic (exact) mass is 390 g/mol. The minimum absolute atomic E-state index is 0.219. The number of benzene rings is 1. The molecule has 0 radical (unpaired) electrons. The first-order valence-electron chi connectivity index (χ1n) is 9.35. The first-order chi connectivity index (χ1) is 12.5. The summed E-state index contributed by atoms with van der Waals surface area (Å²) in [5.41, 5.74) is 2.20. The van der Waals surface area contributed by atoms with Crippen LogP contribution in [0.5, 0.6) is 0 Å². The smallest absolute Gasteiger partial charge is 0.195 e. The Bertz CT molecular complexity index is 853. The quantitative estimate of drug-likeness (QED) is 0.797. The van der Waals surface area contributed by atoms with Crippen LogP contribution in [0.2, 0.25) is 0 Å². The molecular formula is C20H26N2O2S2. The highest BCUT2D eigenvalue weighted by molar-refractivity contribution is 7.86. The Morgan fingerprint density at radius 3 is 2.42 bits per heavy atom. The van der Waals surface area contributed by atoms with Crippen LogP contribution in [0, 0.1) is 11.8 Å². The first kappa shape index (κ1) is 18.2. The van der Waals surface area contributed by atoms with Gasteiger partial charge in [0.1, 0.15) is 0 Å². The van der Waals surface area contributed by atoms with E-state index in [1.54, 1.807) is 19.9 Å². The minimum atomic E-state index is -3.50. The van der Waals surface area contributed by atoms with E-state index >= 15 is 0 Å². The summed E-state index contributed by atoms with van der Waals surface area (Å²) >= 11 is 1.74. The molecule has 0 aliphatic carbocycles. The van der Waals surface area contributed by atoms with E-state index in [-0.39, 0.29) is 6.04 Å². The summed E-state index contributed by atoms with van der Waals surface area (Å²) in [5, 5.41) is 2.09. The molecule has 6 heteroatoms. The Morgan fingerprint density at radius 2 is 1.73 bits per heavy atom. The summed E-state index contributed by atoms with van der Waals surface area (Å²) in [6.45, 7) is 6.11. The summed E-state index contributed by atoms with van der Waals surface area (Å²) in [4.78, 5) is 1.31. The molecule has 2 aliphatic heterocycles. The minimum Gasteiger partial charge on any atom is -0.195 e. The Balaban J connectivity index is 1.74. The van der Waals surface area contributed by atoms with E-state index in [1.165, 1.54) is 4.88 Å². The van der Waals surface area contributed by atoms with Crippen LogP contribution in [0.1, 0.15) is 42.3 Å². The molecule has 1 aromatic heterocycles. The van der Waals surface area contributed by atoms with Crippen LogP contribution in [0.25, 0.3) is 0 Å². The van der Waals surface area contributed by atoms with Gasteiger partial charge in [-0.3, -0.25) is 0 Å². The van der Waals surface area contributed by atoms with Crippen molar-refractivity contribution < 1.29 is 8.42 Å². The van der Waals surface area contributed by atoms with E-state index in [9.17, 15) is 8.42 Å². The molecule has 4 rings (SSSR count). The summed E-state index contributed by atoms with van der Waals surface area (Å²) < 4.78 is 30.7. The summed E-state index contributed by atoms with van der Waals surface area (Å²) in [6, 6.07) is 11.9. The predicted molar refractivity (Wildman–Crippen MR) is 106 cm³/mol. The number of hydrogen-bond donors (Lipinski definition) is 0. The van der Waals surface area contributed by atoms with E-state index in [0.29, 0.717) is 31.5 Å². The molecule has 140 valence electrons. The number of fused-ring (bicyclic) bond motifs is 1. The molecule has 0 spiro atoms. The van der Waals surface area contributed by atoms with Crippen molar-refractivity contribution in [2.75, 3.05) is 19.6 Å². The van der Waals surface area contributed by atoms with Gasteiger partial charge in [0.15, 0.2) is 0 Å². The highest BCUT2D eigenvalue weighted by atomic mass is 32.2. The Morgan fingerprint density at radius 1 is 1.04 bits per heavy atom. The summed E-state index contributed by atoms with van der Waals surface area (Å²) in [7, 11) is -3.50. The van der Waals surface area contributed by atoms with E-state index in [0.717, 1.165) is 24.0 Å². The van der Waals surface area contributed by atoms with Gasteiger partial charge in [0.25, 0.3) is 10.2 Å². The van der Waals surface area contributed by atoms with E-state index < -0.39 is 10.2 Å². The number of nitrogens with zero attached hydrogens (tertiary/aromatic N) is 2. The lowest BCUT2D eigenvalue weighted by Crippen LogP contribution is -2.52. The van der Waals surface area contributed by atoms with Gasteiger partial charge in [-0.2, -0.15) is 17.0 Å². The van der Waals surface area contributed by atoms with Crippen LogP contribution in [-0.2, 0) is 16.6 Å². The highest BCUT2D eigenvalue weighted by Crippen LogP contribution is 2.40. The summed E-state index contributed by atoms with van der Waals surface area (Å²) in [6.07, 6.45) is 1.90. The Kier molecular flexibility index (Phi) is 4.94. The fourth-order valence-corrected chi connectivity index (χ4v) is 7.38. The second kappa shape index (κ2) is 7.08. The lowest BCUT2D eigenvalue weighted by molar-refractivity contribution is 0.202. The average Bonchev–Trinajstić information content (AvgIpc) is 3.09. The molecular weight excluding hydrogens is 364 g/mol. The van der Waals surface area contributed by atoms with Crippen LogP contribution >= 0.6 is 11.3 Å². The molecule has 2 aliphatic rings. The van der Waals surface area contributed by atoms with Gasteiger partial charge in [-0.15, -0.1) is 11.3 Å². The number of thiophene rings is 1. The van der Waals surface area contributed by atoms with Crippen molar-refractivity contribution >= 4 is 21.5 Å². The molecule has 26 heavy (non-hydrogen) atoms. The number of piperidine rings is 1. The molecule has 3 heterocycles. The molecule has 1 saturated heterocycles. The van der Waals surface area contributed by atoms with Gasteiger partial charge in [-0.1, -0.05) is 44.2 Å². The highest BCUT2D eigenvalue weighted by Gasteiger charge is 2.41. The molecule has 1 aromatic carbocycles. The van der Waals surface area contributed by atoms with Crippen LogP contribution < -0.4 is 0 Å². The molecule has 1 fully saturated rings. The van der Waals surface area contributed by atoms with Crippen molar-refractivity contribution in [1.82, 2.24) is 8.61 Å². The van der Waals surface area contributed by atoms with E-state index in [2.05, 4.69) is 25.3 Å². The maximum atomic E-state index is 13.6. The van der Waals surface area contributed by atoms with Gasteiger partial charge in [0.2, 0.25) is 0 Å². The van der Waals surface area contributed by atoms with Crippen molar-refractivity contribution in [3.8, 4) is 0 Å². The van der Waals surface area contributed by atoms with E-state index in [1.807, 2.05) is 30.3 Å². The Labute approximate surface area is 160 Å². The molecule has 0 bridgehead atoms. The number of hydrogen-bond acceptors (Lipinski definition) is 3. The average molecular weight is 391 g/mol. The van der Waals surface area contributed by atoms with Crippen molar-refractivity contribution in [2.45, 2.75) is 32.7 Å². The topological polar surface area (TPSA) is 40.6 Å². The van der Waals surface area contributed by atoms with Gasteiger partial charge in [-0.25, -0.2) is 0 Å². The standard InChI is InChI=1S/C20H26N2O2S2/c1-15-12-16(2)14-21(13-15)26(23,24)22-10-8-19-18(9-11-25-19)20(22)17-6-4-3-5-7-17/h3-7,9,11,15-16,20H,8,10,12-14H2,1-2H3/t15-,16-,20+/m1/s1. The molecule has 0 unspecified atom stereocenters. The third-order valence-electron chi connectivity index (χ3n) is 5.50. The van der Waals surface area contributed by atoms with Crippen LogP contribution in [0.3, 0.4) is 0 Å². The van der Waals surface area contributed by atoms with Gasteiger partial charge in [-0.05, 0) is 47.3 Å². The predicted octanol–water partition coefficient (Wildman–Crippen LogP) is 3.92. The second-order valence-electron chi connectivity index (χ2n) is 7.74. The van der Waals surface area contributed by atoms with Crippen LogP contribution in [-0.4, -0.2) is 36.7 Å². The first-order valence-corrected chi connectivity index (χ1v) is 11.6. The van der Waals surface area contributed by atoms with Crippen molar-refractivity contribution in [2.24, 2.45) is 11.8 Å². The molecule has 3 atom stereocenters. The molecule has 4 nitrogen and oxygen atoms in total. The van der Waals surface area contributed by atoms with Gasteiger partial charge >= 0.3 is 0 Å². The zero-order valence-corrected chi connectivity index (χ0v) is 17.0. The van der Waals surface area contributed by atoms with Crippen molar-refractivity contribution in [3.63, 3.8) is 0 Å². The number of rotatable bonds is 3. The maximum absolute atomic E-state index is 13.6. The fraction of sp³-hybridized carbons (Fsp3) is 0.500. The zero-order chi connectivity index (χ0) is 18.3. The van der Waals surface area contributed by atoms with Crippen LogP contribution in [0.15, 0.2) is 41.8 Å². The lowest BCUT2D eigenvalue weighted by Gasteiger charge is -2.41. The third-order valence-corrected chi connectivity index (χ3v) is 8.43. The SMILES string of the molecule is C[C@@H]1C[C@@H](C)CN(S(=O)(=O)N2CCc3sccc3[C@@H]2c2ccccc2)C1. The molecule has 2 aromatic rings. The van der Waals surface area contributed by atoms with Crippen LogP contribution in [0.4, 0.5) is 0 Å². The zero-order valence-electron chi connectivity index (χ0n) is 15.3. The normalized spacial score (nSPS) is 28.0. The molecule has 0 amide bonds. The summed E-state index contributed by atoms with van der Waals surface area (Å²) in [5.74, 6) is 0.815. The third kappa shape index (κ3) is 3.24. The van der Waals surface area contributed by atoms with Gasteiger partial charge in [0.05, 0.1) is 6.04 Å². The molecule has 0 N–H and O–H groups in total. The van der Waals surface area contributed by atoms with Crippen molar-refractivity contribution in [1.29, 1.82) is 0 Å². The van der Waals surface area contributed by atoms with Gasteiger partial charge in [0, 0.05) is 24.5 Å². The lowest BCUT2D eigenvalue weighted by atomic mass is 9.94. The Hall–Kier alpha value is -1.21. The van der Waals surface area contributed by atoms with E-state index in [4.69, 9.17) is 0 Å².